The Bertz CT molecular complexity index is 1820. The molecule has 0 aliphatic heterocycles. The van der Waals surface area contributed by atoms with E-state index in [-0.39, 0.29) is 17.6 Å². The predicted molar refractivity (Wildman–Crippen MR) is 137 cm³/mol. The van der Waals surface area contributed by atoms with Crippen LogP contribution in [0.1, 0.15) is 12.8 Å². The number of anilines is 1. The number of aromatic nitrogens is 7. The molecular formula is C27H19FN8O. The number of amides is 1. The van der Waals surface area contributed by atoms with E-state index in [1.165, 1.54) is 12.1 Å². The van der Waals surface area contributed by atoms with Crippen molar-refractivity contribution in [1.29, 1.82) is 0 Å². The molecule has 10 heteroatoms. The molecule has 5 aromatic heterocycles. The lowest BCUT2D eigenvalue weighted by Crippen LogP contribution is -2.13. The summed E-state index contributed by atoms with van der Waals surface area (Å²) in [6.45, 7) is 0. The molecule has 37 heavy (non-hydrogen) atoms. The van der Waals surface area contributed by atoms with Gasteiger partial charge < -0.3 is 10.3 Å². The van der Waals surface area contributed by atoms with Crippen molar-refractivity contribution in [2.45, 2.75) is 12.8 Å². The minimum absolute atomic E-state index is 0.0237. The lowest BCUT2D eigenvalue weighted by atomic mass is 10.1. The molecule has 0 bridgehead atoms. The van der Waals surface area contributed by atoms with Crippen molar-refractivity contribution < 1.29 is 9.18 Å². The number of fused-ring (bicyclic) bond motifs is 2. The van der Waals surface area contributed by atoms with Crippen LogP contribution in [0.5, 0.6) is 0 Å². The molecule has 1 saturated carbocycles. The molecule has 6 aromatic rings. The Morgan fingerprint density at radius 2 is 1.95 bits per heavy atom. The fourth-order valence-corrected chi connectivity index (χ4v) is 4.38. The Labute approximate surface area is 209 Å². The van der Waals surface area contributed by atoms with Gasteiger partial charge in [-0.05, 0) is 54.8 Å². The standard InChI is InChI=1S/C27H19FN8O/c28-17-3-1-2-15(10-17)19-8-9-30-25-22(19)33-26(34-25)24-23-21(35-36-24)7-6-20(32-23)16-11-18(13-29-12-16)31-27(37)14-4-5-14/h1-3,6-14H,4-5H2,(H,31,37)(H,35,36)(H,30,33,34). The van der Waals surface area contributed by atoms with Crippen LogP contribution in [0.4, 0.5) is 10.1 Å². The Morgan fingerprint density at radius 3 is 2.81 bits per heavy atom. The molecule has 0 spiro atoms. The van der Waals surface area contributed by atoms with Crippen molar-refractivity contribution in [2.75, 3.05) is 5.32 Å². The smallest absolute Gasteiger partial charge is 0.227 e. The SMILES string of the molecule is O=C(Nc1cncc(-c2ccc3[nH]nc(-c4nc5nccc(-c6cccc(F)c6)c5[nH]4)c3n2)c1)C1CC1. The van der Waals surface area contributed by atoms with E-state index in [4.69, 9.17) is 4.98 Å². The first kappa shape index (κ1) is 21.3. The van der Waals surface area contributed by atoms with Crippen LogP contribution in [0.2, 0.25) is 0 Å². The molecular weight excluding hydrogens is 471 g/mol. The Hall–Kier alpha value is -4.99. The summed E-state index contributed by atoms with van der Waals surface area (Å²) in [5.41, 5.74) is 6.65. The van der Waals surface area contributed by atoms with E-state index in [2.05, 4.69) is 35.5 Å². The number of benzene rings is 1. The zero-order chi connectivity index (χ0) is 24.9. The van der Waals surface area contributed by atoms with Gasteiger partial charge in [0.25, 0.3) is 0 Å². The van der Waals surface area contributed by atoms with Crippen molar-refractivity contribution in [1.82, 2.24) is 35.1 Å². The molecule has 7 rings (SSSR count). The number of pyridine rings is 3. The summed E-state index contributed by atoms with van der Waals surface area (Å²) in [4.78, 5) is 33.6. The average molecular weight is 491 g/mol. The van der Waals surface area contributed by atoms with Crippen LogP contribution < -0.4 is 5.32 Å². The van der Waals surface area contributed by atoms with Crippen molar-refractivity contribution in [3.63, 3.8) is 0 Å². The van der Waals surface area contributed by atoms with Gasteiger partial charge in [-0.15, -0.1) is 0 Å². The van der Waals surface area contributed by atoms with E-state index in [1.807, 2.05) is 30.3 Å². The summed E-state index contributed by atoms with van der Waals surface area (Å²) < 4.78 is 13.9. The Kier molecular flexibility index (Phi) is 4.78. The Morgan fingerprint density at radius 1 is 1.03 bits per heavy atom. The third kappa shape index (κ3) is 3.88. The molecule has 1 fully saturated rings. The number of carbonyl (C=O) groups is 1. The van der Waals surface area contributed by atoms with Crippen LogP contribution in [0.25, 0.3) is 56.1 Å². The lowest BCUT2D eigenvalue weighted by Gasteiger charge is -2.06. The molecule has 1 aromatic carbocycles. The molecule has 0 radical (unpaired) electrons. The molecule has 9 nitrogen and oxygen atoms in total. The van der Waals surface area contributed by atoms with Gasteiger partial charge in [0.1, 0.15) is 11.3 Å². The van der Waals surface area contributed by atoms with E-state index in [0.717, 1.165) is 35.0 Å². The normalized spacial score (nSPS) is 13.3. The maximum absolute atomic E-state index is 13.9. The fourth-order valence-electron chi connectivity index (χ4n) is 4.38. The third-order valence-electron chi connectivity index (χ3n) is 6.41. The fraction of sp³-hybridized carbons (Fsp3) is 0.111. The number of hydrogen-bond donors (Lipinski definition) is 3. The van der Waals surface area contributed by atoms with Crippen molar-refractivity contribution in [2.24, 2.45) is 5.92 Å². The molecule has 1 amide bonds. The first-order chi connectivity index (χ1) is 18.1. The molecule has 5 heterocycles. The highest BCUT2D eigenvalue weighted by atomic mass is 19.1. The zero-order valence-electron chi connectivity index (χ0n) is 19.4. The van der Waals surface area contributed by atoms with Gasteiger partial charge in [-0.1, -0.05) is 12.1 Å². The van der Waals surface area contributed by atoms with Gasteiger partial charge in [0, 0.05) is 29.4 Å². The van der Waals surface area contributed by atoms with Gasteiger partial charge in [0.15, 0.2) is 17.2 Å². The topological polar surface area (TPSA) is 125 Å². The minimum atomic E-state index is -0.317. The number of rotatable bonds is 5. The quantitative estimate of drug-likeness (QED) is 0.308. The third-order valence-corrected chi connectivity index (χ3v) is 6.41. The second-order valence-electron chi connectivity index (χ2n) is 9.04. The number of carbonyl (C=O) groups excluding carboxylic acids is 1. The molecule has 0 atom stereocenters. The highest BCUT2D eigenvalue weighted by Gasteiger charge is 2.29. The number of nitrogens with zero attached hydrogens (tertiary/aromatic N) is 5. The second kappa shape index (κ2) is 8.30. The number of halogens is 1. The summed E-state index contributed by atoms with van der Waals surface area (Å²) in [5.74, 6) is 0.302. The summed E-state index contributed by atoms with van der Waals surface area (Å²) in [6, 6.07) is 13.8. The van der Waals surface area contributed by atoms with Gasteiger partial charge in [-0.2, -0.15) is 5.10 Å². The van der Waals surface area contributed by atoms with Crippen LogP contribution in [0.15, 0.2) is 67.1 Å². The van der Waals surface area contributed by atoms with Gasteiger partial charge in [0.2, 0.25) is 5.91 Å². The molecule has 1 aliphatic carbocycles. The maximum Gasteiger partial charge on any atom is 0.227 e. The lowest BCUT2D eigenvalue weighted by molar-refractivity contribution is -0.117. The monoisotopic (exact) mass is 490 g/mol. The zero-order valence-corrected chi connectivity index (χ0v) is 19.4. The number of nitrogens with one attached hydrogen (secondary N) is 3. The van der Waals surface area contributed by atoms with E-state index in [1.54, 1.807) is 24.7 Å². The van der Waals surface area contributed by atoms with Crippen LogP contribution in [-0.4, -0.2) is 41.0 Å². The van der Waals surface area contributed by atoms with E-state index in [9.17, 15) is 9.18 Å². The predicted octanol–water partition coefficient (Wildman–Crippen LogP) is 5.11. The summed E-state index contributed by atoms with van der Waals surface area (Å²) in [5, 5.41) is 10.4. The molecule has 0 unspecified atom stereocenters. The number of H-pyrrole nitrogens is 2. The maximum atomic E-state index is 13.9. The van der Waals surface area contributed by atoms with Gasteiger partial charge in [0.05, 0.1) is 28.6 Å². The van der Waals surface area contributed by atoms with Crippen molar-refractivity contribution in [3.8, 4) is 33.9 Å². The summed E-state index contributed by atoms with van der Waals surface area (Å²) in [6.07, 6.45) is 6.84. The largest absolute Gasteiger partial charge is 0.335 e. The highest BCUT2D eigenvalue weighted by Crippen LogP contribution is 2.32. The van der Waals surface area contributed by atoms with Gasteiger partial charge >= 0.3 is 0 Å². The Balaban J connectivity index is 1.28. The minimum Gasteiger partial charge on any atom is -0.335 e. The number of hydrogen-bond acceptors (Lipinski definition) is 6. The van der Waals surface area contributed by atoms with E-state index >= 15 is 0 Å². The van der Waals surface area contributed by atoms with E-state index < -0.39 is 0 Å². The van der Waals surface area contributed by atoms with E-state index in [0.29, 0.717) is 39.6 Å². The number of aromatic amines is 2. The first-order valence-corrected chi connectivity index (χ1v) is 11.8. The van der Waals surface area contributed by atoms with Crippen LogP contribution in [0, 0.1) is 11.7 Å². The molecule has 180 valence electrons. The van der Waals surface area contributed by atoms with Crippen LogP contribution >= 0.6 is 0 Å². The van der Waals surface area contributed by atoms with Gasteiger partial charge in [-0.3, -0.25) is 14.9 Å². The molecule has 3 N–H and O–H groups in total. The first-order valence-electron chi connectivity index (χ1n) is 11.8. The second-order valence-corrected chi connectivity index (χ2v) is 9.04. The van der Waals surface area contributed by atoms with Gasteiger partial charge in [-0.25, -0.2) is 19.3 Å². The van der Waals surface area contributed by atoms with Crippen molar-refractivity contribution >= 4 is 33.8 Å². The highest BCUT2D eigenvalue weighted by molar-refractivity contribution is 5.96. The average Bonchev–Trinajstić information content (AvgIpc) is 3.55. The van der Waals surface area contributed by atoms with Crippen LogP contribution in [0.3, 0.4) is 0 Å². The summed E-state index contributed by atoms with van der Waals surface area (Å²) >= 11 is 0. The van der Waals surface area contributed by atoms with Crippen molar-refractivity contribution in [3.05, 3.63) is 72.9 Å². The molecule has 1 aliphatic rings. The summed E-state index contributed by atoms with van der Waals surface area (Å²) in [7, 11) is 0. The van der Waals surface area contributed by atoms with Crippen LogP contribution in [-0.2, 0) is 4.79 Å². The number of imidazole rings is 1. The molecule has 0 saturated heterocycles.